The lowest BCUT2D eigenvalue weighted by Crippen LogP contribution is -2.38. The number of aromatic nitrogens is 1. The number of carbonyl (C=O) groups is 2. The van der Waals surface area contributed by atoms with Crippen LogP contribution in [0.25, 0.3) is 0 Å². The second-order valence-electron chi connectivity index (χ2n) is 7.19. The van der Waals surface area contributed by atoms with Crippen LogP contribution >= 0.6 is 36.6 Å². The minimum Gasteiger partial charge on any atom is -0.454 e. The van der Waals surface area contributed by atoms with Gasteiger partial charge in [0, 0.05) is 35.0 Å². The number of hydrogen-bond acceptors (Lipinski definition) is 7. The van der Waals surface area contributed by atoms with Crippen molar-refractivity contribution in [3.63, 3.8) is 0 Å². The summed E-state index contributed by atoms with van der Waals surface area (Å²) >= 11 is 1.67. The molecule has 2 unspecified atom stereocenters. The molecule has 33 heavy (non-hydrogen) atoms. The third kappa shape index (κ3) is 5.42. The Morgan fingerprint density at radius 3 is 2.64 bits per heavy atom. The molecule has 2 atom stereocenters. The number of nitrogens with one attached hydrogen (secondary N) is 2. The van der Waals surface area contributed by atoms with Crippen molar-refractivity contribution in [2.24, 2.45) is 0 Å². The van der Waals surface area contributed by atoms with Gasteiger partial charge in [0.1, 0.15) is 0 Å². The first kappa shape index (κ1) is 24.9. The van der Waals surface area contributed by atoms with E-state index in [2.05, 4.69) is 15.6 Å². The number of amides is 1. The van der Waals surface area contributed by atoms with E-state index in [0.29, 0.717) is 34.1 Å². The van der Waals surface area contributed by atoms with E-state index in [1.807, 2.05) is 12.1 Å². The summed E-state index contributed by atoms with van der Waals surface area (Å²) in [5, 5.41) is 6.28. The zero-order valence-corrected chi connectivity index (χ0v) is 19.7. The van der Waals surface area contributed by atoms with Gasteiger partial charge in [-0.15, -0.1) is 36.6 Å². The van der Waals surface area contributed by atoms with Gasteiger partial charge in [-0.1, -0.05) is 18.2 Å². The summed E-state index contributed by atoms with van der Waals surface area (Å²) in [4.78, 5) is 29.8. The van der Waals surface area contributed by atoms with Crippen LogP contribution in [0.3, 0.4) is 0 Å². The first-order chi connectivity index (χ1) is 15.2. The van der Waals surface area contributed by atoms with E-state index in [-0.39, 0.29) is 54.7 Å². The molecule has 5 rings (SSSR count). The molecule has 1 saturated heterocycles. The fourth-order valence-corrected chi connectivity index (χ4v) is 4.74. The smallest absolute Gasteiger partial charge is 0.242 e. The Morgan fingerprint density at radius 2 is 1.82 bits per heavy atom. The number of carbonyl (C=O) groups excluding carboxylic acids is 2. The Kier molecular flexibility index (Phi) is 8.20. The average Bonchev–Trinajstić information content (AvgIpc) is 3.49. The molecule has 3 heterocycles. The maximum absolute atomic E-state index is 12.9. The quantitative estimate of drug-likeness (QED) is 0.501. The van der Waals surface area contributed by atoms with Gasteiger partial charge in [-0.25, -0.2) is 0 Å². The van der Waals surface area contributed by atoms with Gasteiger partial charge in [0.25, 0.3) is 0 Å². The minimum absolute atomic E-state index is 0. The molecule has 0 spiro atoms. The number of nitrogens with zero attached hydrogens (tertiary/aromatic N) is 1. The molecule has 2 aliphatic rings. The molecule has 2 N–H and O–H groups in total. The number of rotatable bonds is 5. The summed E-state index contributed by atoms with van der Waals surface area (Å²) in [5.41, 5.74) is 2.60. The second-order valence-corrected chi connectivity index (χ2v) is 8.32. The van der Waals surface area contributed by atoms with Gasteiger partial charge in [0.05, 0.1) is 11.4 Å². The highest BCUT2D eigenvalue weighted by Crippen LogP contribution is 2.34. The van der Waals surface area contributed by atoms with Crippen LogP contribution in [-0.2, 0) is 4.79 Å². The number of halogens is 2. The Balaban J connectivity index is 0.00000153. The van der Waals surface area contributed by atoms with Crippen LogP contribution in [0.4, 0.5) is 5.69 Å². The normalized spacial score (nSPS) is 18.1. The molecule has 10 heteroatoms. The lowest BCUT2D eigenvalue weighted by Gasteiger charge is -2.14. The summed E-state index contributed by atoms with van der Waals surface area (Å²) < 4.78 is 10.6. The molecule has 7 nitrogen and oxygen atoms in total. The molecule has 1 aromatic heterocycles. The first-order valence-electron chi connectivity index (χ1n) is 9.80. The van der Waals surface area contributed by atoms with E-state index in [1.54, 1.807) is 66.6 Å². The molecule has 0 saturated carbocycles. The molecule has 2 aromatic carbocycles. The fourth-order valence-electron chi connectivity index (χ4n) is 3.52. The first-order valence-corrected chi connectivity index (χ1v) is 10.8. The van der Waals surface area contributed by atoms with Crippen molar-refractivity contribution in [2.45, 2.75) is 11.4 Å². The van der Waals surface area contributed by atoms with E-state index >= 15 is 0 Å². The van der Waals surface area contributed by atoms with Crippen LogP contribution in [-0.4, -0.2) is 35.3 Å². The van der Waals surface area contributed by atoms with E-state index in [9.17, 15) is 9.59 Å². The molecule has 0 aliphatic carbocycles. The summed E-state index contributed by atoms with van der Waals surface area (Å²) in [6, 6.07) is 15.6. The van der Waals surface area contributed by atoms with Gasteiger partial charge in [-0.2, -0.15) is 0 Å². The number of hydrogen-bond donors (Lipinski definition) is 2. The van der Waals surface area contributed by atoms with Crippen LogP contribution in [0.2, 0.25) is 0 Å². The predicted molar refractivity (Wildman–Crippen MR) is 132 cm³/mol. The lowest BCUT2D eigenvalue weighted by atomic mass is 10.0. The Bertz CT molecular complexity index is 1150. The van der Waals surface area contributed by atoms with Crippen molar-refractivity contribution < 1.29 is 19.1 Å². The largest absolute Gasteiger partial charge is 0.454 e. The Labute approximate surface area is 207 Å². The van der Waals surface area contributed by atoms with E-state index in [0.717, 1.165) is 5.56 Å². The molecule has 1 amide bonds. The maximum atomic E-state index is 12.9. The van der Waals surface area contributed by atoms with Crippen molar-refractivity contribution in [2.75, 3.05) is 17.9 Å². The average molecular weight is 506 g/mol. The van der Waals surface area contributed by atoms with Crippen molar-refractivity contribution in [1.29, 1.82) is 0 Å². The molecule has 0 bridgehead atoms. The topological polar surface area (TPSA) is 89.6 Å². The Morgan fingerprint density at radius 1 is 1.00 bits per heavy atom. The lowest BCUT2D eigenvalue weighted by molar-refractivity contribution is -0.117. The van der Waals surface area contributed by atoms with Gasteiger partial charge in [0.15, 0.2) is 17.3 Å². The summed E-state index contributed by atoms with van der Waals surface area (Å²) in [6.45, 7) is 0.156. The number of ether oxygens (including phenoxy) is 2. The van der Waals surface area contributed by atoms with Gasteiger partial charge in [-0.05, 0) is 42.0 Å². The molecule has 3 aromatic rings. The zero-order chi connectivity index (χ0) is 21.2. The van der Waals surface area contributed by atoms with Gasteiger partial charge in [0.2, 0.25) is 12.7 Å². The zero-order valence-electron chi connectivity index (χ0n) is 17.2. The van der Waals surface area contributed by atoms with E-state index in [4.69, 9.17) is 9.47 Å². The SMILES string of the molecule is Cl.Cl.O=C(c1cccc(NC(=O)C2CSC(c3cccnc3)N2)c1)c1ccc2c(c1)OCO2. The number of fused-ring (bicyclic) bond motifs is 1. The van der Waals surface area contributed by atoms with Crippen molar-refractivity contribution in [3.05, 3.63) is 83.7 Å². The minimum atomic E-state index is -0.330. The third-order valence-electron chi connectivity index (χ3n) is 5.11. The number of anilines is 1. The Hall–Kier alpha value is -2.78. The van der Waals surface area contributed by atoms with Gasteiger partial charge < -0.3 is 14.8 Å². The van der Waals surface area contributed by atoms with Crippen molar-refractivity contribution in [1.82, 2.24) is 10.3 Å². The van der Waals surface area contributed by atoms with Crippen molar-refractivity contribution in [3.8, 4) is 11.5 Å². The van der Waals surface area contributed by atoms with Gasteiger partial charge >= 0.3 is 0 Å². The number of ketones is 1. The van der Waals surface area contributed by atoms with Crippen LogP contribution < -0.4 is 20.1 Å². The maximum Gasteiger partial charge on any atom is 0.242 e. The van der Waals surface area contributed by atoms with Crippen LogP contribution in [0.1, 0.15) is 26.9 Å². The third-order valence-corrected chi connectivity index (χ3v) is 6.38. The summed E-state index contributed by atoms with van der Waals surface area (Å²) in [7, 11) is 0. The highest BCUT2D eigenvalue weighted by molar-refractivity contribution is 7.99. The van der Waals surface area contributed by atoms with Crippen LogP contribution in [0, 0.1) is 0 Å². The highest BCUT2D eigenvalue weighted by atomic mass is 35.5. The van der Waals surface area contributed by atoms with E-state index in [1.165, 1.54) is 0 Å². The van der Waals surface area contributed by atoms with Crippen molar-refractivity contribution >= 4 is 54.0 Å². The fraction of sp³-hybridized carbons (Fsp3) is 0.174. The number of thioether (sulfide) groups is 1. The highest BCUT2D eigenvalue weighted by Gasteiger charge is 2.30. The molecule has 2 aliphatic heterocycles. The number of pyridine rings is 1. The van der Waals surface area contributed by atoms with Gasteiger partial charge in [-0.3, -0.25) is 19.9 Å². The second kappa shape index (κ2) is 10.9. The summed E-state index contributed by atoms with van der Waals surface area (Å²) in [6.07, 6.45) is 3.53. The van der Waals surface area contributed by atoms with Crippen LogP contribution in [0.15, 0.2) is 67.0 Å². The standard InChI is InChI=1S/C23H19N3O4S.2ClH/c27-21(15-6-7-19-20(10-15)30-13-29-19)14-3-1-5-17(9-14)25-22(28)18-12-31-23(26-18)16-4-2-8-24-11-16;;/h1-11,18,23,26H,12-13H2,(H,25,28);2*1H. The molecular weight excluding hydrogens is 485 g/mol. The summed E-state index contributed by atoms with van der Waals surface area (Å²) in [5.74, 6) is 1.56. The molecule has 172 valence electrons. The predicted octanol–water partition coefficient (Wildman–Crippen LogP) is 4.23. The molecular formula is C23H21Cl2N3O4S. The molecule has 0 radical (unpaired) electrons. The number of benzene rings is 2. The monoisotopic (exact) mass is 505 g/mol. The molecule has 1 fully saturated rings. The van der Waals surface area contributed by atoms with E-state index < -0.39 is 0 Å². The van der Waals surface area contributed by atoms with Crippen LogP contribution in [0.5, 0.6) is 11.5 Å².